The van der Waals surface area contributed by atoms with Gasteiger partial charge in [-0.25, -0.2) is 4.79 Å². The molecule has 7 heteroatoms. The van der Waals surface area contributed by atoms with Crippen molar-refractivity contribution >= 4 is 17.9 Å². The van der Waals surface area contributed by atoms with Gasteiger partial charge in [-0.3, -0.25) is 9.59 Å². The second kappa shape index (κ2) is 12.8. The van der Waals surface area contributed by atoms with E-state index in [1.54, 1.807) is 25.7 Å². The Morgan fingerprint density at radius 2 is 1.68 bits per heavy atom. The Morgan fingerprint density at radius 1 is 1.05 bits per heavy atom. The van der Waals surface area contributed by atoms with Crippen molar-refractivity contribution in [1.82, 2.24) is 15.5 Å². The van der Waals surface area contributed by atoms with Gasteiger partial charge in [-0.1, -0.05) is 69.9 Å². The van der Waals surface area contributed by atoms with E-state index < -0.39 is 29.3 Å². The number of carbonyl (C=O) groups is 3. The Bertz CT molecular complexity index is 929. The highest BCUT2D eigenvalue weighted by molar-refractivity contribution is 5.93. The lowest BCUT2D eigenvalue weighted by molar-refractivity contribution is -0.150. The summed E-state index contributed by atoms with van der Waals surface area (Å²) < 4.78 is 5.47. The van der Waals surface area contributed by atoms with Crippen LogP contribution in [0.25, 0.3) is 0 Å². The van der Waals surface area contributed by atoms with Gasteiger partial charge in [0.15, 0.2) is 0 Å². The topological polar surface area (TPSA) is 87.7 Å². The van der Waals surface area contributed by atoms with Crippen LogP contribution in [0.15, 0.2) is 24.3 Å². The van der Waals surface area contributed by atoms with E-state index in [0.29, 0.717) is 6.42 Å². The summed E-state index contributed by atoms with van der Waals surface area (Å²) in [5.41, 5.74) is 0.434. The molecule has 0 heterocycles. The number of hydrogen-bond acceptors (Lipinski definition) is 4. The van der Waals surface area contributed by atoms with Gasteiger partial charge in [0.2, 0.25) is 11.8 Å². The van der Waals surface area contributed by atoms with E-state index >= 15 is 0 Å². The van der Waals surface area contributed by atoms with Crippen LogP contribution >= 0.6 is 0 Å². The van der Waals surface area contributed by atoms with Crippen molar-refractivity contribution < 1.29 is 19.1 Å². The van der Waals surface area contributed by atoms with Gasteiger partial charge >= 0.3 is 6.09 Å². The van der Waals surface area contributed by atoms with Gasteiger partial charge in [-0.2, -0.15) is 0 Å². The van der Waals surface area contributed by atoms with Crippen molar-refractivity contribution in [1.29, 1.82) is 0 Å². The van der Waals surface area contributed by atoms with Gasteiger partial charge in [0.25, 0.3) is 0 Å². The second-order valence-electron chi connectivity index (χ2n) is 12.4. The van der Waals surface area contributed by atoms with Crippen LogP contribution in [0.4, 0.5) is 4.79 Å². The van der Waals surface area contributed by atoms with Crippen molar-refractivity contribution in [2.75, 3.05) is 0 Å². The van der Waals surface area contributed by atoms with Crippen molar-refractivity contribution in [2.45, 2.75) is 130 Å². The summed E-state index contributed by atoms with van der Waals surface area (Å²) in [4.78, 5) is 42.8. The van der Waals surface area contributed by atoms with Crippen LogP contribution in [-0.4, -0.2) is 46.0 Å². The van der Waals surface area contributed by atoms with Crippen molar-refractivity contribution in [3.05, 3.63) is 35.4 Å². The number of amides is 3. The molecule has 37 heavy (non-hydrogen) atoms. The Morgan fingerprint density at radius 3 is 2.19 bits per heavy atom. The number of hydrogen-bond donors (Lipinski definition) is 2. The Balaban J connectivity index is 2.55. The van der Waals surface area contributed by atoms with Gasteiger partial charge in [0, 0.05) is 11.6 Å². The zero-order valence-corrected chi connectivity index (χ0v) is 24.4. The number of rotatable bonds is 9. The largest absolute Gasteiger partial charge is 0.444 e. The van der Waals surface area contributed by atoms with Crippen molar-refractivity contribution in [3.63, 3.8) is 0 Å². The predicted molar refractivity (Wildman–Crippen MR) is 148 cm³/mol. The highest BCUT2D eigenvalue weighted by Gasteiger charge is 2.44. The van der Waals surface area contributed by atoms with Gasteiger partial charge < -0.3 is 20.3 Å². The van der Waals surface area contributed by atoms with E-state index in [2.05, 4.69) is 10.6 Å². The summed E-state index contributed by atoms with van der Waals surface area (Å²) in [6, 6.07) is 6.22. The molecule has 2 unspecified atom stereocenters. The third-order valence-corrected chi connectivity index (χ3v) is 7.18. The molecule has 1 aromatic carbocycles. The lowest BCUT2D eigenvalue weighted by atomic mass is 9.89. The molecule has 0 bridgehead atoms. The molecule has 2 rings (SSSR count). The fourth-order valence-electron chi connectivity index (χ4n) is 4.83. The first-order valence-electron chi connectivity index (χ1n) is 13.9. The summed E-state index contributed by atoms with van der Waals surface area (Å²) in [5.74, 6) is -0.681. The van der Waals surface area contributed by atoms with Gasteiger partial charge in [-0.05, 0) is 72.3 Å². The van der Waals surface area contributed by atoms with Crippen LogP contribution in [0.2, 0.25) is 0 Å². The van der Waals surface area contributed by atoms with Crippen molar-refractivity contribution in [2.24, 2.45) is 5.92 Å². The first-order chi connectivity index (χ1) is 17.2. The van der Waals surface area contributed by atoms with Crippen LogP contribution in [-0.2, 0) is 14.3 Å². The first-order valence-corrected chi connectivity index (χ1v) is 13.9. The minimum Gasteiger partial charge on any atom is -0.444 e. The van der Waals surface area contributed by atoms with Crippen LogP contribution in [0.5, 0.6) is 0 Å². The highest BCUT2D eigenvalue weighted by Crippen LogP contribution is 2.34. The molecule has 2 N–H and O–H groups in total. The minimum atomic E-state index is -0.851. The molecule has 1 aliphatic rings. The maximum absolute atomic E-state index is 14.4. The van der Waals surface area contributed by atoms with E-state index in [-0.39, 0.29) is 23.8 Å². The zero-order chi connectivity index (χ0) is 28.0. The fourth-order valence-corrected chi connectivity index (χ4v) is 4.83. The van der Waals surface area contributed by atoms with Crippen LogP contribution < -0.4 is 10.6 Å². The number of nitrogens with one attached hydrogen (secondary N) is 2. The van der Waals surface area contributed by atoms with E-state index in [0.717, 1.165) is 36.8 Å². The van der Waals surface area contributed by atoms with Gasteiger partial charge in [-0.15, -0.1) is 0 Å². The Hall–Kier alpha value is -2.57. The van der Waals surface area contributed by atoms with Gasteiger partial charge in [0.1, 0.15) is 17.7 Å². The monoisotopic (exact) mass is 515 g/mol. The average Bonchev–Trinajstić information content (AvgIpc) is 2.79. The molecule has 1 saturated carbocycles. The normalized spacial score (nSPS) is 16.6. The number of carbonyl (C=O) groups excluding carboxylic acids is 3. The summed E-state index contributed by atoms with van der Waals surface area (Å²) in [5, 5.41) is 6.07. The number of benzene rings is 1. The third-order valence-electron chi connectivity index (χ3n) is 7.18. The molecule has 0 aromatic heterocycles. The van der Waals surface area contributed by atoms with E-state index in [1.807, 2.05) is 65.8 Å². The number of aryl methyl sites for hydroxylation is 1. The highest BCUT2D eigenvalue weighted by atomic mass is 16.6. The molecule has 0 radical (unpaired) electrons. The van der Waals surface area contributed by atoms with E-state index in [1.165, 1.54) is 6.42 Å². The van der Waals surface area contributed by atoms with Crippen LogP contribution in [0.1, 0.15) is 111 Å². The molecule has 1 aliphatic carbocycles. The smallest absolute Gasteiger partial charge is 0.408 e. The Labute approximate surface area is 224 Å². The molecule has 0 spiro atoms. The molecule has 3 amide bonds. The molecule has 1 aromatic rings. The van der Waals surface area contributed by atoms with E-state index in [9.17, 15) is 14.4 Å². The third kappa shape index (κ3) is 8.75. The SMILES string of the molecule is CCC(C)(C)N(C(=O)C(NC(=O)OC(C)(C)C)C(C)C)C(C(=O)NC1CCCCC1)c1cccc(C)c1. The van der Waals surface area contributed by atoms with Crippen LogP contribution in [0, 0.1) is 12.8 Å². The second-order valence-corrected chi connectivity index (χ2v) is 12.4. The molecule has 1 fully saturated rings. The molecular weight excluding hydrogens is 466 g/mol. The molecule has 0 saturated heterocycles. The lowest BCUT2D eigenvalue weighted by Gasteiger charge is -2.45. The van der Waals surface area contributed by atoms with Gasteiger partial charge in [0.05, 0.1) is 0 Å². The lowest BCUT2D eigenvalue weighted by Crippen LogP contribution is -2.61. The Kier molecular flexibility index (Phi) is 10.6. The molecule has 2 atom stereocenters. The molecule has 0 aliphatic heterocycles. The number of ether oxygens (including phenoxy) is 1. The van der Waals surface area contributed by atoms with E-state index in [4.69, 9.17) is 4.74 Å². The van der Waals surface area contributed by atoms with Crippen LogP contribution in [0.3, 0.4) is 0 Å². The molecule has 7 nitrogen and oxygen atoms in total. The molecular formula is C30H49N3O4. The standard InChI is InChI=1S/C30H49N3O4/c1-10-30(8,9)33(27(35)24(20(2)3)32-28(36)37-29(5,6)7)25(22-16-14-15-21(4)19-22)26(34)31-23-17-12-11-13-18-23/h14-16,19-20,23-25H,10-13,17-18H2,1-9H3,(H,31,34)(H,32,36). The molecule has 208 valence electrons. The summed E-state index contributed by atoms with van der Waals surface area (Å²) in [6.45, 7) is 17.1. The summed E-state index contributed by atoms with van der Waals surface area (Å²) >= 11 is 0. The summed E-state index contributed by atoms with van der Waals surface area (Å²) in [6.07, 6.45) is 5.27. The predicted octanol–water partition coefficient (Wildman–Crippen LogP) is 6.05. The summed E-state index contributed by atoms with van der Waals surface area (Å²) in [7, 11) is 0. The fraction of sp³-hybridized carbons (Fsp3) is 0.700. The first kappa shape index (κ1) is 30.7. The number of nitrogens with zero attached hydrogens (tertiary/aromatic N) is 1. The maximum atomic E-state index is 14.4. The average molecular weight is 516 g/mol. The maximum Gasteiger partial charge on any atom is 0.408 e. The zero-order valence-electron chi connectivity index (χ0n) is 24.4. The van der Waals surface area contributed by atoms with Crippen molar-refractivity contribution in [3.8, 4) is 0 Å². The number of alkyl carbamates (subject to hydrolysis) is 1. The quantitative estimate of drug-likeness (QED) is 0.419. The minimum absolute atomic E-state index is 0.107.